The number of rotatable bonds is 3. The molecule has 1 aromatic carbocycles. The van der Waals surface area contributed by atoms with E-state index < -0.39 is 17.7 Å². The Hall–Kier alpha value is -2.18. The number of carbonyl (C=O) groups excluding carboxylic acids is 1. The summed E-state index contributed by atoms with van der Waals surface area (Å²) >= 11 is 0. The van der Waals surface area contributed by atoms with Crippen LogP contribution in [0.1, 0.15) is 22.8 Å². The van der Waals surface area contributed by atoms with Crippen LogP contribution in [0.2, 0.25) is 0 Å². The molecule has 0 aliphatic rings. The van der Waals surface area contributed by atoms with Crippen molar-refractivity contribution in [2.24, 2.45) is 0 Å². The van der Waals surface area contributed by atoms with Crippen LogP contribution in [0, 0.1) is 0 Å². The first-order chi connectivity index (χ1) is 9.38. The first-order valence-corrected chi connectivity index (χ1v) is 5.72. The van der Waals surface area contributed by atoms with E-state index in [-0.39, 0.29) is 28.9 Å². The van der Waals surface area contributed by atoms with Gasteiger partial charge in [-0.15, -0.1) is 0 Å². The fourth-order valence-electron chi connectivity index (χ4n) is 1.81. The fraction of sp³-hybridized carbons (Fsp3) is 0.308. The molecule has 0 aliphatic heterocycles. The Balaban J connectivity index is 2.66. The molecule has 20 heavy (non-hydrogen) atoms. The highest BCUT2D eigenvalue weighted by Gasteiger charge is 2.35. The van der Waals surface area contributed by atoms with Gasteiger partial charge in [-0.2, -0.15) is 13.2 Å². The number of hydrogen-bond donors (Lipinski definition) is 0. The van der Waals surface area contributed by atoms with E-state index in [1.54, 1.807) is 6.92 Å². The molecule has 7 heteroatoms. The fourth-order valence-corrected chi connectivity index (χ4v) is 1.81. The van der Waals surface area contributed by atoms with Crippen molar-refractivity contribution in [3.8, 4) is 5.75 Å². The van der Waals surface area contributed by atoms with Gasteiger partial charge in [0.2, 0.25) is 0 Å². The first kappa shape index (κ1) is 14.2. The lowest BCUT2D eigenvalue weighted by molar-refractivity contribution is -0.136. The average molecular weight is 288 g/mol. The Bertz CT molecular complexity index is 643. The van der Waals surface area contributed by atoms with Crippen LogP contribution in [0.25, 0.3) is 11.0 Å². The van der Waals surface area contributed by atoms with Gasteiger partial charge in [-0.1, -0.05) is 0 Å². The number of alkyl halides is 3. The Morgan fingerprint density at radius 3 is 2.60 bits per heavy atom. The van der Waals surface area contributed by atoms with Crippen LogP contribution in [-0.4, -0.2) is 19.7 Å². The van der Waals surface area contributed by atoms with Crippen LogP contribution in [0.3, 0.4) is 0 Å². The van der Waals surface area contributed by atoms with Gasteiger partial charge in [0.1, 0.15) is 11.8 Å². The Morgan fingerprint density at radius 1 is 1.35 bits per heavy atom. The number of ether oxygens (including phenoxy) is 2. The summed E-state index contributed by atoms with van der Waals surface area (Å²) in [7, 11) is 1.28. The van der Waals surface area contributed by atoms with Crippen LogP contribution in [0.4, 0.5) is 13.2 Å². The van der Waals surface area contributed by atoms with Crippen LogP contribution < -0.4 is 4.74 Å². The molecule has 1 heterocycles. The molecule has 0 amide bonds. The van der Waals surface area contributed by atoms with E-state index in [9.17, 15) is 18.0 Å². The van der Waals surface area contributed by atoms with E-state index >= 15 is 0 Å². The molecule has 0 atom stereocenters. The predicted octanol–water partition coefficient (Wildman–Crippen LogP) is 3.64. The lowest BCUT2D eigenvalue weighted by Gasteiger charge is -2.07. The summed E-state index contributed by atoms with van der Waals surface area (Å²) in [4.78, 5) is 11.6. The van der Waals surface area contributed by atoms with Gasteiger partial charge in [-0.05, 0) is 19.1 Å². The molecule has 0 saturated carbocycles. The first-order valence-electron chi connectivity index (χ1n) is 5.72. The highest BCUT2D eigenvalue weighted by molar-refractivity contribution is 5.97. The molecule has 0 aliphatic carbocycles. The lowest BCUT2D eigenvalue weighted by Crippen LogP contribution is -2.06. The van der Waals surface area contributed by atoms with Gasteiger partial charge in [-0.25, -0.2) is 4.79 Å². The molecule has 0 bridgehead atoms. The zero-order valence-electron chi connectivity index (χ0n) is 10.7. The number of esters is 1. The summed E-state index contributed by atoms with van der Waals surface area (Å²) in [5.41, 5.74) is -1.05. The zero-order chi connectivity index (χ0) is 14.9. The molecular weight excluding hydrogens is 277 g/mol. The number of furan rings is 1. The van der Waals surface area contributed by atoms with Crippen molar-refractivity contribution < 1.29 is 31.9 Å². The minimum Gasteiger partial charge on any atom is -0.493 e. The number of carbonyl (C=O) groups is 1. The van der Waals surface area contributed by atoms with Crippen molar-refractivity contribution in [2.75, 3.05) is 13.7 Å². The monoisotopic (exact) mass is 288 g/mol. The maximum Gasteiger partial charge on any atom is 0.420 e. The summed E-state index contributed by atoms with van der Waals surface area (Å²) in [6, 6.07) is 2.37. The predicted molar refractivity (Wildman–Crippen MR) is 63.7 cm³/mol. The molecule has 0 unspecified atom stereocenters. The second-order valence-electron chi connectivity index (χ2n) is 3.92. The third-order valence-electron chi connectivity index (χ3n) is 2.68. The van der Waals surface area contributed by atoms with E-state index in [2.05, 4.69) is 0 Å². The van der Waals surface area contributed by atoms with E-state index in [1.165, 1.54) is 13.2 Å². The quantitative estimate of drug-likeness (QED) is 0.809. The third-order valence-corrected chi connectivity index (χ3v) is 2.68. The van der Waals surface area contributed by atoms with Gasteiger partial charge in [0.15, 0.2) is 11.3 Å². The highest BCUT2D eigenvalue weighted by Crippen LogP contribution is 2.39. The van der Waals surface area contributed by atoms with Crippen LogP contribution >= 0.6 is 0 Å². The number of methoxy groups -OCH3 is 1. The van der Waals surface area contributed by atoms with Crippen molar-refractivity contribution in [3.05, 3.63) is 29.5 Å². The van der Waals surface area contributed by atoms with Crippen molar-refractivity contribution in [1.29, 1.82) is 0 Å². The summed E-state index contributed by atoms with van der Waals surface area (Å²) < 4.78 is 53.2. The maximum absolute atomic E-state index is 12.9. The Morgan fingerprint density at radius 2 is 2.05 bits per heavy atom. The molecule has 1 aromatic heterocycles. The third kappa shape index (κ3) is 2.43. The second-order valence-corrected chi connectivity index (χ2v) is 3.92. The highest BCUT2D eigenvalue weighted by atomic mass is 19.4. The molecule has 0 fully saturated rings. The van der Waals surface area contributed by atoms with Gasteiger partial charge in [0, 0.05) is 5.39 Å². The molecule has 0 radical (unpaired) electrons. The number of fused-ring (bicyclic) bond motifs is 1. The van der Waals surface area contributed by atoms with Gasteiger partial charge in [0.05, 0.1) is 19.3 Å². The minimum atomic E-state index is -4.58. The largest absolute Gasteiger partial charge is 0.493 e. The second kappa shape index (κ2) is 5.07. The number of hydrogen-bond acceptors (Lipinski definition) is 4. The van der Waals surface area contributed by atoms with Gasteiger partial charge in [0.25, 0.3) is 0 Å². The van der Waals surface area contributed by atoms with Crippen LogP contribution in [-0.2, 0) is 10.9 Å². The smallest absolute Gasteiger partial charge is 0.420 e. The van der Waals surface area contributed by atoms with E-state index in [0.717, 1.165) is 6.07 Å². The molecule has 0 saturated heterocycles. The van der Waals surface area contributed by atoms with Crippen LogP contribution in [0.15, 0.2) is 22.8 Å². The van der Waals surface area contributed by atoms with Crippen molar-refractivity contribution in [3.63, 3.8) is 0 Å². The molecule has 0 N–H and O–H groups in total. The molecule has 0 spiro atoms. The molecule has 4 nitrogen and oxygen atoms in total. The SMILES string of the molecule is CCOC(=O)c1cc(OC)c2occ(C(F)(F)F)c2c1. The van der Waals surface area contributed by atoms with Crippen molar-refractivity contribution in [2.45, 2.75) is 13.1 Å². The topological polar surface area (TPSA) is 48.7 Å². The molecular formula is C13H11F3O4. The van der Waals surface area contributed by atoms with Crippen LogP contribution in [0.5, 0.6) is 5.75 Å². The van der Waals surface area contributed by atoms with E-state index in [4.69, 9.17) is 13.9 Å². The zero-order valence-corrected chi connectivity index (χ0v) is 10.7. The lowest BCUT2D eigenvalue weighted by atomic mass is 10.1. The average Bonchev–Trinajstić information content (AvgIpc) is 2.81. The van der Waals surface area contributed by atoms with Crippen molar-refractivity contribution >= 4 is 16.9 Å². The summed E-state index contributed by atoms with van der Waals surface area (Å²) in [6.07, 6.45) is -3.98. The standard InChI is InChI=1S/C13H11F3O4/c1-3-19-12(17)7-4-8-9(13(14,15)16)6-20-11(8)10(5-7)18-2/h4-6H,3H2,1-2H3. The van der Waals surface area contributed by atoms with Crippen molar-refractivity contribution in [1.82, 2.24) is 0 Å². The normalized spacial score (nSPS) is 11.7. The summed E-state index contributed by atoms with van der Waals surface area (Å²) in [6.45, 7) is 1.73. The molecule has 2 rings (SSSR count). The number of benzene rings is 1. The Labute approximate surface area is 112 Å². The van der Waals surface area contributed by atoms with E-state index in [0.29, 0.717) is 6.26 Å². The summed E-state index contributed by atoms with van der Waals surface area (Å²) in [5.74, 6) is -0.678. The minimum absolute atomic E-state index is 0.0249. The Kier molecular flexibility index (Phi) is 3.61. The van der Waals surface area contributed by atoms with Gasteiger partial charge >= 0.3 is 12.1 Å². The number of halogens is 3. The maximum atomic E-state index is 12.9. The molecule has 108 valence electrons. The van der Waals surface area contributed by atoms with Gasteiger partial charge in [-0.3, -0.25) is 0 Å². The summed E-state index contributed by atoms with van der Waals surface area (Å²) in [5, 5.41) is -0.236. The molecule has 2 aromatic rings. The van der Waals surface area contributed by atoms with E-state index in [1.807, 2.05) is 0 Å². The van der Waals surface area contributed by atoms with Gasteiger partial charge < -0.3 is 13.9 Å².